The van der Waals surface area contributed by atoms with Crippen LogP contribution in [-0.2, 0) is 6.42 Å². The predicted octanol–water partition coefficient (Wildman–Crippen LogP) is 5.08. The number of pyridine rings is 1. The lowest BCUT2D eigenvalue weighted by Gasteiger charge is -2.31. The Kier molecular flexibility index (Phi) is 4.87. The zero-order valence-corrected chi connectivity index (χ0v) is 17.0. The second-order valence-corrected chi connectivity index (χ2v) is 7.98. The number of carbonyl (C=O) groups excluding carboxylic acids is 1. The van der Waals surface area contributed by atoms with Gasteiger partial charge < -0.3 is 14.1 Å². The molecule has 5 nitrogen and oxygen atoms in total. The lowest BCUT2D eigenvalue weighted by Crippen LogP contribution is -2.38. The van der Waals surface area contributed by atoms with E-state index in [2.05, 4.69) is 29.2 Å². The molecule has 0 radical (unpaired) electrons. The monoisotopic (exact) mass is 400 g/mol. The maximum absolute atomic E-state index is 13.0. The Labute approximate surface area is 175 Å². The predicted molar refractivity (Wildman–Crippen MR) is 117 cm³/mol. The molecule has 1 fully saturated rings. The molecule has 1 amide bonds. The summed E-state index contributed by atoms with van der Waals surface area (Å²) in [5.41, 5.74) is 2.64. The number of hydrogen-bond donors (Lipinski definition) is 0. The highest BCUT2D eigenvalue weighted by atomic mass is 16.5. The van der Waals surface area contributed by atoms with Crippen LogP contribution in [0.5, 0.6) is 5.75 Å². The molecule has 1 aliphatic rings. The van der Waals surface area contributed by atoms with E-state index < -0.39 is 0 Å². The van der Waals surface area contributed by atoms with Crippen molar-refractivity contribution in [2.45, 2.75) is 19.3 Å². The van der Waals surface area contributed by atoms with Crippen LogP contribution in [0.4, 0.5) is 0 Å². The molecule has 1 aliphatic heterocycles. The van der Waals surface area contributed by atoms with Crippen LogP contribution in [-0.4, -0.2) is 36.0 Å². The van der Waals surface area contributed by atoms with Crippen molar-refractivity contribution in [2.75, 3.05) is 20.2 Å². The minimum absolute atomic E-state index is 0.0483. The summed E-state index contributed by atoms with van der Waals surface area (Å²) >= 11 is 0. The Morgan fingerprint density at radius 3 is 2.63 bits per heavy atom. The van der Waals surface area contributed by atoms with Gasteiger partial charge in [0.1, 0.15) is 5.75 Å². The van der Waals surface area contributed by atoms with Crippen LogP contribution in [0, 0.1) is 5.92 Å². The number of carbonyl (C=O) groups is 1. The van der Waals surface area contributed by atoms with E-state index in [9.17, 15) is 4.79 Å². The largest absolute Gasteiger partial charge is 0.497 e. The van der Waals surface area contributed by atoms with Crippen molar-refractivity contribution >= 4 is 27.9 Å². The Hall–Kier alpha value is -3.34. The third-order valence-electron chi connectivity index (χ3n) is 5.99. The second kappa shape index (κ2) is 7.82. The summed E-state index contributed by atoms with van der Waals surface area (Å²) in [7, 11) is 1.63. The highest BCUT2D eigenvalue weighted by molar-refractivity contribution is 5.98. The molecule has 0 N–H and O–H groups in total. The SMILES string of the molecule is COc1ccc2cc3cc(C(=O)N4CCC(Cc5ccccc5)CC4)oc3nc2c1. The van der Waals surface area contributed by atoms with Crippen LogP contribution >= 0.6 is 0 Å². The molecule has 0 spiro atoms. The minimum Gasteiger partial charge on any atom is -0.497 e. The molecule has 152 valence electrons. The summed E-state index contributed by atoms with van der Waals surface area (Å²) in [6.45, 7) is 1.53. The van der Waals surface area contributed by atoms with Gasteiger partial charge in [-0.1, -0.05) is 30.3 Å². The van der Waals surface area contributed by atoms with Gasteiger partial charge in [-0.05, 0) is 55.0 Å². The average molecular weight is 400 g/mol. The molecule has 0 unspecified atom stereocenters. The standard InChI is InChI=1S/C25H24N2O3/c1-29-21-8-7-19-14-20-15-23(30-24(20)26-22(19)16-21)25(28)27-11-9-18(10-12-27)13-17-5-3-2-4-6-17/h2-8,14-16,18H,9-13H2,1H3. The van der Waals surface area contributed by atoms with Gasteiger partial charge in [0.05, 0.1) is 12.6 Å². The Bertz CT molecular complexity index is 1190. The number of amides is 1. The van der Waals surface area contributed by atoms with Gasteiger partial charge in [0.15, 0.2) is 5.76 Å². The summed E-state index contributed by atoms with van der Waals surface area (Å²) in [4.78, 5) is 19.5. The van der Waals surface area contributed by atoms with Gasteiger partial charge in [-0.3, -0.25) is 4.79 Å². The van der Waals surface area contributed by atoms with Crippen molar-refractivity contribution in [1.29, 1.82) is 0 Å². The number of likely N-dealkylation sites (tertiary alicyclic amines) is 1. The number of nitrogens with zero attached hydrogens (tertiary/aromatic N) is 2. The first-order chi connectivity index (χ1) is 14.7. The first kappa shape index (κ1) is 18.7. The zero-order valence-electron chi connectivity index (χ0n) is 17.0. The van der Waals surface area contributed by atoms with Crippen LogP contribution in [0.25, 0.3) is 22.0 Å². The van der Waals surface area contributed by atoms with Crippen molar-refractivity contribution < 1.29 is 13.9 Å². The fourth-order valence-corrected chi connectivity index (χ4v) is 4.28. The summed E-state index contributed by atoms with van der Waals surface area (Å²) in [5.74, 6) is 1.68. The van der Waals surface area contributed by atoms with E-state index in [0.717, 1.165) is 54.4 Å². The van der Waals surface area contributed by atoms with E-state index in [1.807, 2.05) is 41.3 Å². The van der Waals surface area contributed by atoms with Gasteiger partial charge >= 0.3 is 0 Å². The van der Waals surface area contributed by atoms with E-state index in [1.54, 1.807) is 7.11 Å². The molecular weight excluding hydrogens is 376 g/mol. The molecule has 0 atom stereocenters. The number of aromatic nitrogens is 1. The smallest absolute Gasteiger partial charge is 0.289 e. The highest BCUT2D eigenvalue weighted by Crippen LogP contribution is 2.28. The Morgan fingerprint density at radius 1 is 1.07 bits per heavy atom. The Balaban J connectivity index is 1.30. The van der Waals surface area contributed by atoms with Crippen LogP contribution in [0.1, 0.15) is 29.0 Å². The first-order valence-electron chi connectivity index (χ1n) is 10.4. The summed E-state index contributed by atoms with van der Waals surface area (Å²) in [6.07, 6.45) is 3.11. The van der Waals surface area contributed by atoms with E-state index >= 15 is 0 Å². The molecule has 2 aromatic heterocycles. The van der Waals surface area contributed by atoms with Gasteiger partial charge in [0.25, 0.3) is 5.91 Å². The molecule has 0 bridgehead atoms. The third kappa shape index (κ3) is 3.63. The maximum atomic E-state index is 13.0. The molecule has 30 heavy (non-hydrogen) atoms. The third-order valence-corrected chi connectivity index (χ3v) is 5.99. The number of furan rings is 1. The van der Waals surface area contributed by atoms with Crippen LogP contribution in [0.15, 0.2) is 65.1 Å². The molecule has 0 saturated carbocycles. The lowest BCUT2D eigenvalue weighted by molar-refractivity contribution is 0.0660. The maximum Gasteiger partial charge on any atom is 0.289 e. The summed E-state index contributed by atoms with van der Waals surface area (Å²) in [5, 5.41) is 1.83. The molecule has 2 aromatic carbocycles. The van der Waals surface area contributed by atoms with E-state index in [1.165, 1.54) is 5.56 Å². The van der Waals surface area contributed by atoms with Crippen molar-refractivity contribution in [3.05, 3.63) is 72.0 Å². The molecular formula is C25H24N2O3. The number of piperidine rings is 1. The number of ether oxygens (including phenoxy) is 1. The van der Waals surface area contributed by atoms with Crippen LogP contribution < -0.4 is 4.74 Å². The van der Waals surface area contributed by atoms with E-state index in [4.69, 9.17) is 9.15 Å². The number of fused-ring (bicyclic) bond motifs is 2. The van der Waals surface area contributed by atoms with Gasteiger partial charge in [-0.25, -0.2) is 4.98 Å². The van der Waals surface area contributed by atoms with Gasteiger partial charge in [0, 0.05) is 29.9 Å². The molecule has 3 heterocycles. The molecule has 5 rings (SSSR count). The minimum atomic E-state index is -0.0483. The second-order valence-electron chi connectivity index (χ2n) is 7.98. The molecule has 0 aliphatic carbocycles. The van der Waals surface area contributed by atoms with Gasteiger partial charge in [-0.2, -0.15) is 0 Å². The lowest BCUT2D eigenvalue weighted by atomic mass is 9.90. The number of rotatable bonds is 4. The van der Waals surface area contributed by atoms with E-state index in [-0.39, 0.29) is 5.91 Å². The highest BCUT2D eigenvalue weighted by Gasteiger charge is 2.26. The fraction of sp³-hybridized carbons (Fsp3) is 0.280. The molecule has 4 aromatic rings. The number of benzene rings is 2. The van der Waals surface area contributed by atoms with Crippen molar-refractivity contribution in [1.82, 2.24) is 9.88 Å². The number of hydrogen-bond acceptors (Lipinski definition) is 4. The van der Waals surface area contributed by atoms with Crippen molar-refractivity contribution in [3.63, 3.8) is 0 Å². The quantitative estimate of drug-likeness (QED) is 0.479. The van der Waals surface area contributed by atoms with Crippen LogP contribution in [0.3, 0.4) is 0 Å². The zero-order chi connectivity index (χ0) is 20.5. The fourth-order valence-electron chi connectivity index (χ4n) is 4.28. The number of methoxy groups -OCH3 is 1. The summed E-state index contributed by atoms with van der Waals surface area (Å²) in [6, 6.07) is 20.1. The molecule has 1 saturated heterocycles. The average Bonchev–Trinajstić information content (AvgIpc) is 3.20. The van der Waals surface area contributed by atoms with Crippen molar-refractivity contribution in [2.24, 2.45) is 5.92 Å². The topological polar surface area (TPSA) is 55.6 Å². The summed E-state index contributed by atoms with van der Waals surface area (Å²) < 4.78 is 11.1. The first-order valence-corrected chi connectivity index (χ1v) is 10.4. The molecule has 5 heteroatoms. The van der Waals surface area contributed by atoms with Gasteiger partial charge in [0.2, 0.25) is 5.71 Å². The van der Waals surface area contributed by atoms with Crippen LogP contribution in [0.2, 0.25) is 0 Å². The normalized spacial score (nSPS) is 15.0. The van der Waals surface area contributed by atoms with E-state index in [0.29, 0.717) is 17.4 Å². The Morgan fingerprint density at radius 2 is 1.87 bits per heavy atom. The van der Waals surface area contributed by atoms with Gasteiger partial charge in [-0.15, -0.1) is 0 Å². The van der Waals surface area contributed by atoms with Crippen molar-refractivity contribution in [3.8, 4) is 5.75 Å².